The highest BCUT2D eigenvalue weighted by atomic mass is 79.9. The van der Waals surface area contributed by atoms with E-state index in [4.69, 9.17) is 0 Å². The van der Waals surface area contributed by atoms with Crippen LogP contribution in [0.1, 0.15) is 23.7 Å². The second kappa shape index (κ2) is 5.54. The Morgan fingerprint density at radius 2 is 2.05 bits per heavy atom. The van der Waals surface area contributed by atoms with Crippen molar-refractivity contribution in [2.24, 2.45) is 5.92 Å². The smallest absolute Gasteiger partial charge is 0.260 e. The number of amides is 1. The summed E-state index contributed by atoms with van der Waals surface area (Å²) in [4.78, 5) is 13.6. The average molecular weight is 334 g/mol. The Kier molecular flexibility index (Phi) is 4.20. The number of likely N-dealkylation sites (tertiary alicyclic amines) is 1. The number of hydrogen-bond acceptors (Lipinski definition) is 2. The van der Waals surface area contributed by atoms with E-state index in [1.807, 2.05) is 6.92 Å². The topological polar surface area (TPSA) is 40.5 Å². The van der Waals surface area contributed by atoms with Crippen molar-refractivity contribution in [3.8, 4) is 0 Å². The third kappa shape index (κ3) is 2.65. The summed E-state index contributed by atoms with van der Waals surface area (Å²) in [5.74, 6) is -2.37. The second-order valence-electron chi connectivity index (χ2n) is 4.76. The minimum Gasteiger partial charge on any atom is -0.394 e. The largest absolute Gasteiger partial charge is 0.394 e. The molecule has 1 heterocycles. The Morgan fingerprint density at radius 1 is 1.47 bits per heavy atom. The molecule has 1 aromatic rings. The molecule has 104 valence electrons. The van der Waals surface area contributed by atoms with Gasteiger partial charge in [-0.25, -0.2) is 8.78 Å². The van der Waals surface area contributed by atoms with E-state index in [0.717, 1.165) is 18.6 Å². The standard InChI is InChI=1S/C13H14BrF2NO2/c1-7-2-3-17(11(7)6-18)13(19)12-9(15)4-8(14)5-10(12)16/h4-5,7,11,18H,2-3,6H2,1H3. The van der Waals surface area contributed by atoms with Gasteiger partial charge in [0.05, 0.1) is 12.6 Å². The number of carbonyl (C=O) groups is 1. The van der Waals surface area contributed by atoms with Gasteiger partial charge in [0.15, 0.2) is 0 Å². The lowest BCUT2D eigenvalue weighted by Crippen LogP contribution is -2.40. The highest BCUT2D eigenvalue weighted by Gasteiger charge is 2.36. The molecule has 1 aromatic carbocycles. The lowest BCUT2D eigenvalue weighted by Gasteiger charge is -2.25. The van der Waals surface area contributed by atoms with Gasteiger partial charge in [-0.15, -0.1) is 0 Å². The number of aliphatic hydroxyl groups excluding tert-OH is 1. The molecule has 1 amide bonds. The van der Waals surface area contributed by atoms with Crippen LogP contribution in [0, 0.1) is 17.6 Å². The van der Waals surface area contributed by atoms with Crippen molar-refractivity contribution in [2.75, 3.05) is 13.2 Å². The molecule has 2 unspecified atom stereocenters. The fraction of sp³-hybridized carbons (Fsp3) is 0.462. The Hall–Kier alpha value is -1.01. The summed E-state index contributed by atoms with van der Waals surface area (Å²) in [5.41, 5.74) is -0.559. The van der Waals surface area contributed by atoms with Crippen molar-refractivity contribution in [1.29, 1.82) is 0 Å². The van der Waals surface area contributed by atoms with Crippen LogP contribution in [0.2, 0.25) is 0 Å². The van der Waals surface area contributed by atoms with Gasteiger partial charge in [-0.2, -0.15) is 0 Å². The maximum atomic E-state index is 13.8. The summed E-state index contributed by atoms with van der Waals surface area (Å²) in [7, 11) is 0. The zero-order chi connectivity index (χ0) is 14.2. The number of halogens is 3. The molecular formula is C13H14BrF2NO2. The van der Waals surface area contributed by atoms with E-state index in [2.05, 4.69) is 15.9 Å². The molecule has 1 N–H and O–H groups in total. The molecule has 6 heteroatoms. The Balaban J connectivity index is 2.35. The van der Waals surface area contributed by atoms with Crippen molar-refractivity contribution in [1.82, 2.24) is 4.90 Å². The van der Waals surface area contributed by atoms with Crippen LogP contribution in [0.25, 0.3) is 0 Å². The van der Waals surface area contributed by atoms with E-state index in [1.54, 1.807) is 0 Å². The minimum absolute atomic E-state index is 0.121. The molecule has 3 nitrogen and oxygen atoms in total. The first-order valence-electron chi connectivity index (χ1n) is 6.02. The molecule has 0 spiro atoms. The minimum atomic E-state index is -0.895. The quantitative estimate of drug-likeness (QED) is 0.903. The zero-order valence-electron chi connectivity index (χ0n) is 10.4. The van der Waals surface area contributed by atoms with Gasteiger partial charge in [0.1, 0.15) is 17.2 Å². The van der Waals surface area contributed by atoms with Crippen LogP contribution in [0.3, 0.4) is 0 Å². The van der Waals surface area contributed by atoms with Crippen molar-refractivity contribution in [3.05, 3.63) is 33.8 Å². The molecule has 0 aromatic heterocycles. The van der Waals surface area contributed by atoms with Gasteiger partial charge in [0, 0.05) is 11.0 Å². The van der Waals surface area contributed by atoms with Gasteiger partial charge < -0.3 is 10.0 Å². The van der Waals surface area contributed by atoms with Crippen molar-refractivity contribution in [3.63, 3.8) is 0 Å². The first kappa shape index (κ1) is 14.4. The molecule has 0 radical (unpaired) electrons. The molecule has 1 saturated heterocycles. The van der Waals surface area contributed by atoms with Crippen molar-refractivity contribution >= 4 is 21.8 Å². The van der Waals surface area contributed by atoms with Crippen LogP contribution in [-0.2, 0) is 0 Å². The molecule has 0 saturated carbocycles. The Morgan fingerprint density at radius 3 is 2.58 bits per heavy atom. The summed E-state index contributed by atoms with van der Waals surface area (Å²) >= 11 is 2.97. The van der Waals surface area contributed by atoms with E-state index >= 15 is 0 Å². The van der Waals surface area contributed by atoms with E-state index in [9.17, 15) is 18.7 Å². The number of hydrogen-bond donors (Lipinski definition) is 1. The molecule has 1 fully saturated rings. The predicted octanol–water partition coefficient (Wildman–Crippen LogP) is 2.57. The summed E-state index contributed by atoms with van der Waals surface area (Å²) in [6.07, 6.45) is 0.719. The number of aliphatic hydroxyl groups is 1. The third-order valence-corrected chi connectivity index (χ3v) is 4.01. The molecule has 2 atom stereocenters. The SMILES string of the molecule is CC1CCN(C(=O)c2c(F)cc(Br)cc2F)C1CO. The number of nitrogens with zero attached hydrogens (tertiary/aromatic N) is 1. The molecular weight excluding hydrogens is 320 g/mol. The van der Waals surface area contributed by atoms with Crippen LogP contribution < -0.4 is 0 Å². The Bertz CT molecular complexity index is 486. The van der Waals surface area contributed by atoms with Crippen LogP contribution in [0.5, 0.6) is 0 Å². The number of carbonyl (C=O) groups excluding carboxylic acids is 1. The van der Waals surface area contributed by atoms with Gasteiger partial charge in [-0.1, -0.05) is 22.9 Å². The molecule has 1 aliphatic rings. The maximum Gasteiger partial charge on any atom is 0.260 e. The monoisotopic (exact) mass is 333 g/mol. The normalized spacial score (nSPS) is 22.9. The average Bonchev–Trinajstić information content (AvgIpc) is 2.68. The fourth-order valence-electron chi connectivity index (χ4n) is 2.43. The van der Waals surface area contributed by atoms with E-state index in [0.29, 0.717) is 6.54 Å². The molecule has 0 bridgehead atoms. The molecule has 0 aliphatic carbocycles. The van der Waals surface area contributed by atoms with Gasteiger partial charge in [0.2, 0.25) is 0 Å². The molecule has 2 rings (SSSR count). The zero-order valence-corrected chi connectivity index (χ0v) is 12.0. The van der Waals surface area contributed by atoms with Crippen LogP contribution in [0.15, 0.2) is 16.6 Å². The Labute approximate surface area is 118 Å². The maximum absolute atomic E-state index is 13.8. The van der Waals surface area contributed by atoms with Crippen molar-refractivity contribution < 1.29 is 18.7 Å². The number of benzene rings is 1. The lowest BCUT2D eigenvalue weighted by atomic mass is 10.0. The fourth-order valence-corrected chi connectivity index (χ4v) is 2.83. The van der Waals surface area contributed by atoms with E-state index in [1.165, 1.54) is 4.90 Å². The first-order valence-corrected chi connectivity index (χ1v) is 6.81. The van der Waals surface area contributed by atoms with E-state index in [-0.39, 0.29) is 23.0 Å². The highest BCUT2D eigenvalue weighted by molar-refractivity contribution is 9.10. The van der Waals surface area contributed by atoms with Crippen LogP contribution in [-0.4, -0.2) is 35.1 Å². The number of rotatable bonds is 2. The third-order valence-electron chi connectivity index (χ3n) is 3.55. The summed E-state index contributed by atoms with van der Waals surface area (Å²) in [6.45, 7) is 2.11. The summed E-state index contributed by atoms with van der Waals surface area (Å²) in [6, 6.07) is 1.74. The predicted molar refractivity (Wildman–Crippen MR) is 69.7 cm³/mol. The van der Waals surface area contributed by atoms with Gasteiger partial charge in [-0.05, 0) is 24.5 Å². The van der Waals surface area contributed by atoms with Gasteiger partial charge in [0.25, 0.3) is 5.91 Å². The summed E-state index contributed by atoms with van der Waals surface area (Å²) in [5, 5.41) is 9.30. The summed E-state index contributed by atoms with van der Waals surface area (Å²) < 4.78 is 27.8. The van der Waals surface area contributed by atoms with Crippen LogP contribution >= 0.6 is 15.9 Å². The van der Waals surface area contributed by atoms with E-state index < -0.39 is 23.1 Å². The molecule has 19 heavy (non-hydrogen) atoms. The van der Waals surface area contributed by atoms with Gasteiger partial charge in [-0.3, -0.25) is 4.79 Å². The van der Waals surface area contributed by atoms with Crippen molar-refractivity contribution in [2.45, 2.75) is 19.4 Å². The van der Waals surface area contributed by atoms with Crippen LogP contribution in [0.4, 0.5) is 8.78 Å². The second-order valence-corrected chi connectivity index (χ2v) is 5.67. The first-order chi connectivity index (χ1) is 8.95. The highest BCUT2D eigenvalue weighted by Crippen LogP contribution is 2.28. The van der Waals surface area contributed by atoms with Gasteiger partial charge >= 0.3 is 0 Å². The molecule has 1 aliphatic heterocycles. The lowest BCUT2D eigenvalue weighted by molar-refractivity contribution is 0.0638.